The molecule has 0 bridgehead atoms. The topological polar surface area (TPSA) is 47.6 Å². The number of nitrogens with one attached hydrogen (secondary N) is 1. The second-order valence-corrected chi connectivity index (χ2v) is 9.02. The van der Waals surface area contributed by atoms with Gasteiger partial charge in [-0.25, -0.2) is 13.2 Å². The van der Waals surface area contributed by atoms with Crippen molar-refractivity contribution in [3.8, 4) is 11.5 Å². The lowest BCUT2D eigenvalue weighted by molar-refractivity contribution is -0.253. The first kappa shape index (κ1) is 29.4. The van der Waals surface area contributed by atoms with E-state index in [2.05, 4.69) is 10.1 Å². The number of amides is 1. The van der Waals surface area contributed by atoms with E-state index in [0.717, 1.165) is 30.3 Å². The molecule has 0 saturated heterocycles. The summed E-state index contributed by atoms with van der Waals surface area (Å²) in [6, 6.07) is 18.7. The molecule has 1 N–H and O–H groups in total. The second-order valence-electron chi connectivity index (χ2n) is 9.02. The van der Waals surface area contributed by atoms with Crippen LogP contribution in [0.3, 0.4) is 0 Å². The SMILES string of the molecule is COc1cc(C(Cc2ccccc2)(NC(=O)c2cccc(F)c2)c2cc(F)cc(OC(F)(F)C(F)F)c2)ccc1F. The van der Waals surface area contributed by atoms with Crippen LogP contribution < -0.4 is 14.8 Å². The van der Waals surface area contributed by atoms with Gasteiger partial charge in [0.05, 0.1) is 12.6 Å². The van der Waals surface area contributed by atoms with E-state index in [4.69, 9.17) is 4.74 Å². The number of hydrogen-bond donors (Lipinski definition) is 1. The molecule has 41 heavy (non-hydrogen) atoms. The molecule has 0 spiro atoms. The molecule has 0 aliphatic rings. The maximum absolute atomic E-state index is 15.0. The van der Waals surface area contributed by atoms with E-state index < -0.39 is 47.2 Å². The van der Waals surface area contributed by atoms with Gasteiger partial charge < -0.3 is 14.8 Å². The van der Waals surface area contributed by atoms with Crippen molar-refractivity contribution in [2.24, 2.45) is 0 Å². The van der Waals surface area contributed by atoms with Crippen LogP contribution in [0, 0.1) is 17.5 Å². The molecular formula is C30H22F7NO3. The maximum atomic E-state index is 15.0. The molecule has 11 heteroatoms. The van der Waals surface area contributed by atoms with Crippen molar-refractivity contribution in [1.82, 2.24) is 5.32 Å². The van der Waals surface area contributed by atoms with E-state index >= 15 is 0 Å². The molecule has 0 heterocycles. The summed E-state index contributed by atoms with van der Waals surface area (Å²) in [5.74, 6) is -4.76. The second kappa shape index (κ2) is 11.9. The summed E-state index contributed by atoms with van der Waals surface area (Å²) >= 11 is 0. The quantitative estimate of drug-likeness (QED) is 0.202. The highest BCUT2D eigenvalue weighted by Crippen LogP contribution is 2.39. The third-order valence-electron chi connectivity index (χ3n) is 6.24. The third kappa shape index (κ3) is 6.62. The summed E-state index contributed by atoms with van der Waals surface area (Å²) in [5.41, 5.74) is -1.61. The third-order valence-corrected chi connectivity index (χ3v) is 6.24. The fourth-order valence-corrected chi connectivity index (χ4v) is 4.35. The van der Waals surface area contributed by atoms with Crippen LogP contribution in [0.4, 0.5) is 30.7 Å². The molecule has 0 saturated carbocycles. The average molecular weight is 577 g/mol. The van der Waals surface area contributed by atoms with Crippen LogP contribution in [0.2, 0.25) is 0 Å². The Kier molecular flexibility index (Phi) is 8.55. The Balaban J connectivity index is 1.99. The van der Waals surface area contributed by atoms with Crippen molar-refractivity contribution in [2.75, 3.05) is 7.11 Å². The van der Waals surface area contributed by atoms with Crippen molar-refractivity contribution in [1.29, 1.82) is 0 Å². The zero-order chi connectivity index (χ0) is 29.8. The minimum absolute atomic E-state index is 0.0986. The molecule has 0 radical (unpaired) electrons. The van der Waals surface area contributed by atoms with Gasteiger partial charge in [-0.15, -0.1) is 0 Å². The molecule has 1 atom stereocenters. The fourth-order valence-electron chi connectivity index (χ4n) is 4.35. The highest BCUT2D eigenvalue weighted by atomic mass is 19.3. The molecular weight excluding hydrogens is 555 g/mol. The van der Waals surface area contributed by atoms with Crippen LogP contribution in [0.5, 0.6) is 11.5 Å². The van der Waals surface area contributed by atoms with Crippen molar-refractivity contribution < 1.29 is 45.0 Å². The lowest BCUT2D eigenvalue weighted by atomic mass is 9.77. The highest BCUT2D eigenvalue weighted by Gasteiger charge is 2.45. The summed E-state index contributed by atoms with van der Waals surface area (Å²) in [4.78, 5) is 13.5. The van der Waals surface area contributed by atoms with Gasteiger partial charge in [0.1, 0.15) is 17.4 Å². The maximum Gasteiger partial charge on any atom is 0.461 e. The van der Waals surface area contributed by atoms with E-state index in [-0.39, 0.29) is 28.9 Å². The van der Waals surface area contributed by atoms with Crippen molar-refractivity contribution in [3.63, 3.8) is 0 Å². The predicted octanol–water partition coefficient (Wildman–Crippen LogP) is 7.27. The van der Waals surface area contributed by atoms with Gasteiger partial charge in [-0.3, -0.25) is 4.79 Å². The van der Waals surface area contributed by atoms with Gasteiger partial charge in [0.25, 0.3) is 5.91 Å². The monoisotopic (exact) mass is 577 g/mol. The highest BCUT2D eigenvalue weighted by molar-refractivity contribution is 5.95. The number of ether oxygens (including phenoxy) is 2. The zero-order valence-electron chi connectivity index (χ0n) is 21.3. The summed E-state index contributed by atoms with van der Waals surface area (Å²) in [6.07, 6.45) is -9.37. The molecule has 1 amide bonds. The van der Waals surface area contributed by atoms with Gasteiger partial charge in [0.2, 0.25) is 0 Å². The molecule has 4 rings (SSSR count). The van der Waals surface area contributed by atoms with Gasteiger partial charge in [-0.05, 0) is 59.2 Å². The van der Waals surface area contributed by atoms with Crippen LogP contribution in [-0.2, 0) is 12.0 Å². The van der Waals surface area contributed by atoms with Crippen LogP contribution in [0.15, 0.2) is 91.0 Å². The fraction of sp³-hybridized carbons (Fsp3) is 0.167. The molecule has 214 valence electrons. The molecule has 0 aromatic heterocycles. The smallest absolute Gasteiger partial charge is 0.461 e. The number of hydrogen-bond acceptors (Lipinski definition) is 3. The molecule has 1 unspecified atom stereocenters. The van der Waals surface area contributed by atoms with Crippen LogP contribution in [0.25, 0.3) is 0 Å². The first-order chi connectivity index (χ1) is 19.4. The van der Waals surface area contributed by atoms with Gasteiger partial charge in [0.15, 0.2) is 11.6 Å². The predicted molar refractivity (Wildman–Crippen MR) is 136 cm³/mol. The number of carbonyl (C=O) groups excluding carboxylic acids is 1. The minimum Gasteiger partial charge on any atom is -0.494 e. The Labute approximate surface area is 230 Å². The largest absolute Gasteiger partial charge is 0.494 e. The Morgan fingerprint density at radius 1 is 0.829 bits per heavy atom. The Morgan fingerprint density at radius 3 is 2.22 bits per heavy atom. The summed E-state index contributed by atoms with van der Waals surface area (Å²) < 4.78 is 106. The first-order valence-electron chi connectivity index (χ1n) is 12.1. The lowest BCUT2D eigenvalue weighted by Gasteiger charge is -2.37. The zero-order valence-corrected chi connectivity index (χ0v) is 21.3. The van der Waals surface area contributed by atoms with Gasteiger partial charge in [-0.2, -0.15) is 17.6 Å². The summed E-state index contributed by atoms with van der Waals surface area (Å²) in [6.45, 7) is 0. The van der Waals surface area contributed by atoms with Crippen LogP contribution in [0.1, 0.15) is 27.0 Å². The Bertz CT molecular complexity index is 1530. The van der Waals surface area contributed by atoms with E-state index in [1.165, 1.54) is 31.4 Å². The van der Waals surface area contributed by atoms with Gasteiger partial charge in [-0.1, -0.05) is 42.5 Å². The molecule has 0 aliphatic heterocycles. The summed E-state index contributed by atoms with van der Waals surface area (Å²) in [7, 11) is 1.19. The number of methoxy groups -OCH3 is 1. The number of benzene rings is 4. The molecule has 4 aromatic carbocycles. The lowest BCUT2D eigenvalue weighted by Crippen LogP contribution is -2.48. The van der Waals surface area contributed by atoms with Crippen molar-refractivity contribution in [2.45, 2.75) is 24.5 Å². The van der Waals surface area contributed by atoms with E-state index in [1.807, 2.05) is 0 Å². The summed E-state index contributed by atoms with van der Waals surface area (Å²) in [5, 5.41) is 2.72. The molecule has 0 aliphatic carbocycles. The van der Waals surface area contributed by atoms with Gasteiger partial charge >= 0.3 is 12.5 Å². The average Bonchev–Trinajstić information content (AvgIpc) is 2.92. The minimum atomic E-state index is -4.96. The van der Waals surface area contributed by atoms with Crippen molar-refractivity contribution in [3.05, 3.63) is 131 Å². The molecule has 4 nitrogen and oxygen atoms in total. The van der Waals surface area contributed by atoms with E-state index in [1.54, 1.807) is 30.3 Å². The normalized spacial score (nSPS) is 13.0. The van der Waals surface area contributed by atoms with Crippen LogP contribution in [-0.4, -0.2) is 25.6 Å². The Hall–Kier alpha value is -4.54. The molecule has 4 aromatic rings. The molecule has 0 fully saturated rings. The Morgan fingerprint density at radius 2 is 1.56 bits per heavy atom. The number of halogens is 7. The standard InChI is InChI=1S/C30H22F7NO3/c1-40-26-15-20(10-11-25(26)33)29(17-18-6-3-2-4-7-18,38-27(39)19-8-5-9-22(31)12-19)21-13-23(32)16-24(14-21)41-30(36,37)28(34)35/h2-16,28H,17H2,1H3,(H,38,39). The van der Waals surface area contributed by atoms with E-state index in [0.29, 0.717) is 11.6 Å². The number of carbonyl (C=O) groups is 1. The van der Waals surface area contributed by atoms with Crippen molar-refractivity contribution >= 4 is 5.91 Å². The first-order valence-corrected chi connectivity index (χ1v) is 12.1. The number of rotatable bonds is 10. The number of alkyl halides is 4. The van der Waals surface area contributed by atoms with Gasteiger partial charge in [0, 0.05) is 18.1 Å². The van der Waals surface area contributed by atoms with E-state index in [9.17, 15) is 35.5 Å². The van der Waals surface area contributed by atoms with Crippen LogP contribution >= 0.6 is 0 Å².